The van der Waals surface area contributed by atoms with Gasteiger partial charge in [0.15, 0.2) is 0 Å². The number of nitrogens with zero attached hydrogens (tertiary/aromatic N) is 2. The third-order valence-corrected chi connectivity index (χ3v) is 5.12. The molecule has 0 aliphatic rings. The lowest BCUT2D eigenvalue weighted by molar-refractivity contribution is 0.546. The van der Waals surface area contributed by atoms with Crippen LogP contribution in [0.3, 0.4) is 0 Å². The fourth-order valence-corrected chi connectivity index (χ4v) is 3.68. The topological polar surface area (TPSA) is 62.9 Å². The number of fused-ring (bicyclic) bond motifs is 1. The van der Waals surface area contributed by atoms with E-state index in [9.17, 15) is 12.8 Å². The monoisotopic (exact) mass is 314 g/mol. The zero-order valence-electron chi connectivity index (χ0n) is 11.6. The van der Waals surface area contributed by atoms with Crippen LogP contribution in [-0.2, 0) is 10.0 Å². The predicted octanol–water partition coefficient (Wildman–Crippen LogP) is 3.20. The highest BCUT2D eigenvalue weighted by Crippen LogP contribution is 2.25. The molecule has 0 aliphatic heterocycles. The highest BCUT2D eigenvalue weighted by atomic mass is 32.2. The highest BCUT2D eigenvalue weighted by molar-refractivity contribution is 7.90. The molecule has 0 aliphatic carbocycles. The van der Waals surface area contributed by atoms with Gasteiger partial charge in [-0.05, 0) is 37.3 Å². The molecule has 1 heterocycles. The number of rotatable bonds is 2. The average molecular weight is 314 g/mol. The molecule has 0 unspecified atom stereocenters. The third-order valence-electron chi connectivity index (χ3n) is 3.40. The molecule has 4 nitrogen and oxygen atoms in total. The standard InChI is InChI=1S/C16H11FN2O2S/c1-11-2-5-14(6-3-11)22(20,21)19-15-7-4-12(10-18)8-13(15)9-16(19)17/h2-9H,1H3. The minimum Gasteiger partial charge on any atom is -0.208 e. The lowest BCUT2D eigenvalue weighted by Gasteiger charge is -2.08. The Morgan fingerprint density at radius 2 is 1.77 bits per heavy atom. The summed E-state index contributed by atoms with van der Waals surface area (Å²) in [6.07, 6.45) is 0. The number of nitriles is 1. The van der Waals surface area contributed by atoms with Crippen LogP contribution in [0.15, 0.2) is 53.4 Å². The van der Waals surface area contributed by atoms with E-state index in [2.05, 4.69) is 0 Å². The molecule has 110 valence electrons. The number of aryl methyl sites for hydroxylation is 1. The van der Waals surface area contributed by atoms with Crippen molar-refractivity contribution >= 4 is 20.9 Å². The van der Waals surface area contributed by atoms with Gasteiger partial charge in [0.05, 0.1) is 22.0 Å². The van der Waals surface area contributed by atoms with Gasteiger partial charge in [0, 0.05) is 11.5 Å². The lowest BCUT2D eigenvalue weighted by atomic mass is 10.2. The van der Waals surface area contributed by atoms with E-state index < -0.39 is 16.0 Å². The summed E-state index contributed by atoms with van der Waals surface area (Å²) in [5.41, 5.74) is 1.46. The lowest BCUT2D eigenvalue weighted by Crippen LogP contribution is -2.14. The molecule has 2 aromatic carbocycles. The van der Waals surface area contributed by atoms with Crippen molar-refractivity contribution in [2.45, 2.75) is 11.8 Å². The quantitative estimate of drug-likeness (QED) is 0.729. The Balaban J connectivity index is 2.27. The molecule has 0 spiro atoms. The van der Waals surface area contributed by atoms with Crippen LogP contribution in [0, 0.1) is 24.2 Å². The van der Waals surface area contributed by atoms with E-state index in [1.54, 1.807) is 12.1 Å². The SMILES string of the molecule is Cc1ccc(S(=O)(=O)n2c(F)cc3cc(C#N)ccc32)cc1. The Labute approximate surface area is 127 Å². The molecule has 0 bridgehead atoms. The Morgan fingerprint density at radius 1 is 1.09 bits per heavy atom. The Bertz CT molecular complexity index is 1010. The van der Waals surface area contributed by atoms with Gasteiger partial charge < -0.3 is 0 Å². The summed E-state index contributed by atoms with van der Waals surface area (Å²) < 4.78 is 40.2. The van der Waals surface area contributed by atoms with Gasteiger partial charge >= 0.3 is 0 Å². The fraction of sp³-hybridized carbons (Fsp3) is 0.0625. The molecule has 0 saturated carbocycles. The maximum Gasteiger partial charge on any atom is 0.270 e. The van der Waals surface area contributed by atoms with Crippen molar-refractivity contribution in [2.24, 2.45) is 0 Å². The number of hydrogen-bond donors (Lipinski definition) is 0. The minimum absolute atomic E-state index is 0.0128. The van der Waals surface area contributed by atoms with Crippen molar-refractivity contribution in [3.63, 3.8) is 0 Å². The Morgan fingerprint density at radius 3 is 2.41 bits per heavy atom. The second-order valence-electron chi connectivity index (χ2n) is 4.93. The van der Waals surface area contributed by atoms with Crippen LogP contribution >= 0.6 is 0 Å². The summed E-state index contributed by atoms with van der Waals surface area (Å²) in [4.78, 5) is 0.0128. The van der Waals surface area contributed by atoms with Crippen LogP contribution < -0.4 is 0 Å². The third kappa shape index (κ3) is 2.16. The summed E-state index contributed by atoms with van der Waals surface area (Å²) in [6, 6.07) is 13.6. The van der Waals surface area contributed by atoms with Crippen molar-refractivity contribution in [1.29, 1.82) is 5.26 Å². The van der Waals surface area contributed by atoms with Gasteiger partial charge in [0.25, 0.3) is 10.0 Å². The first-order valence-corrected chi connectivity index (χ1v) is 7.91. The zero-order chi connectivity index (χ0) is 15.9. The van der Waals surface area contributed by atoms with E-state index in [0.29, 0.717) is 14.9 Å². The second kappa shape index (κ2) is 4.97. The van der Waals surface area contributed by atoms with E-state index in [0.717, 1.165) is 11.6 Å². The molecular weight excluding hydrogens is 303 g/mol. The van der Waals surface area contributed by atoms with E-state index in [1.807, 2.05) is 13.0 Å². The van der Waals surface area contributed by atoms with Crippen LogP contribution in [0.5, 0.6) is 0 Å². The van der Waals surface area contributed by atoms with E-state index in [4.69, 9.17) is 5.26 Å². The molecule has 0 atom stereocenters. The predicted molar refractivity (Wildman–Crippen MR) is 80.4 cm³/mol. The molecule has 3 rings (SSSR count). The van der Waals surface area contributed by atoms with Crippen LogP contribution in [0.2, 0.25) is 0 Å². The van der Waals surface area contributed by atoms with Crippen LogP contribution in [0.1, 0.15) is 11.1 Å². The largest absolute Gasteiger partial charge is 0.270 e. The van der Waals surface area contributed by atoms with Crippen LogP contribution in [0.4, 0.5) is 4.39 Å². The second-order valence-corrected chi connectivity index (χ2v) is 6.72. The minimum atomic E-state index is -4.03. The summed E-state index contributed by atoms with van der Waals surface area (Å²) >= 11 is 0. The molecule has 0 fully saturated rings. The average Bonchev–Trinajstić information content (AvgIpc) is 2.83. The van der Waals surface area contributed by atoms with Gasteiger partial charge in [-0.3, -0.25) is 0 Å². The maximum absolute atomic E-state index is 14.2. The van der Waals surface area contributed by atoms with Crippen LogP contribution in [-0.4, -0.2) is 12.4 Å². The molecule has 0 saturated heterocycles. The number of halogens is 1. The van der Waals surface area contributed by atoms with Crippen LogP contribution in [0.25, 0.3) is 10.9 Å². The first-order valence-electron chi connectivity index (χ1n) is 6.47. The molecule has 0 amide bonds. The summed E-state index contributed by atoms with van der Waals surface area (Å²) in [5, 5.41) is 9.24. The number of hydrogen-bond acceptors (Lipinski definition) is 3. The Kier molecular flexibility index (Phi) is 3.23. The normalized spacial score (nSPS) is 11.5. The first-order chi connectivity index (χ1) is 10.4. The summed E-state index contributed by atoms with van der Waals surface area (Å²) in [6.45, 7) is 1.84. The Hall–Kier alpha value is -2.65. The van der Waals surface area contributed by atoms with Crippen molar-refractivity contribution in [3.8, 4) is 6.07 Å². The molecule has 1 aromatic heterocycles. The summed E-state index contributed by atoms with van der Waals surface area (Å²) in [5.74, 6) is -0.884. The van der Waals surface area contributed by atoms with Crippen molar-refractivity contribution in [1.82, 2.24) is 3.97 Å². The fourth-order valence-electron chi connectivity index (χ4n) is 2.29. The zero-order valence-corrected chi connectivity index (χ0v) is 12.4. The first kappa shape index (κ1) is 14.3. The van der Waals surface area contributed by atoms with Crippen molar-refractivity contribution in [2.75, 3.05) is 0 Å². The molecule has 0 N–H and O–H groups in total. The molecular formula is C16H11FN2O2S. The van der Waals surface area contributed by atoms with Gasteiger partial charge in [0.1, 0.15) is 0 Å². The number of aromatic nitrogens is 1. The van der Waals surface area contributed by atoms with Crippen molar-refractivity contribution < 1.29 is 12.8 Å². The van der Waals surface area contributed by atoms with Gasteiger partial charge in [-0.2, -0.15) is 9.65 Å². The highest BCUT2D eigenvalue weighted by Gasteiger charge is 2.23. The van der Waals surface area contributed by atoms with E-state index >= 15 is 0 Å². The maximum atomic E-state index is 14.2. The van der Waals surface area contributed by atoms with Gasteiger partial charge in [-0.25, -0.2) is 12.4 Å². The summed E-state index contributed by atoms with van der Waals surface area (Å²) in [7, 11) is -4.03. The van der Waals surface area contributed by atoms with Gasteiger partial charge in [0.2, 0.25) is 5.95 Å². The van der Waals surface area contributed by atoms with Crippen molar-refractivity contribution in [3.05, 3.63) is 65.6 Å². The van der Waals surface area contributed by atoms with E-state index in [-0.39, 0.29) is 10.4 Å². The number of benzene rings is 2. The van der Waals surface area contributed by atoms with Gasteiger partial charge in [-0.1, -0.05) is 17.7 Å². The smallest absolute Gasteiger partial charge is 0.208 e. The molecule has 6 heteroatoms. The van der Waals surface area contributed by atoms with Gasteiger partial charge in [-0.15, -0.1) is 0 Å². The molecule has 0 radical (unpaired) electrons. The molecule has 3 aromatic rings. The van der Waals surface area contributed by atoms with E-state index in [1.165, 1.54) is 30.3 Å². The molecule has 22 heavy (non-hydrogen) atoms.